The van der Waals surface area contributed by atoms with Crippen LogP contribution in [0.4, 0.5) is 5.69 Å². The number of rotatable bonds is 4. The number of benzene rings is 2. The Bertz CT molecular complexity index is 1410. The van der Waals surface area contributed by atoms with Crippen LogP contribution < -0.4 is 10.3 Å². The van der Waals surface area contributed by atoms with Crippen LogP contribution in [0.5, 0.6) is 5.75 Å². The lowest BCUT2D eigenvalue weighted by Gasteiger charge is -2.05. The molecule has 0 spiro atoms. The third-order valence-corrected chi connectivity index (χ3v) is 4.88. The van der Waals surface area contributed by atoms with Crippen LogP contribution >= 0.6 is 11.6 Å². The van der Waals surface area contributed by atoms with E-state index < -0.39 is 0 Å². The van der Waals surface area contributed by atoms with Crippen LogP contribution in [0.1, 0.15) is 0 Å². The minimum absolute atomic E-state index is 0.363. The molecule has 5 rings (SSSR count). The molecule has 0 saturated heterocycles. The maximum absolute atomic E-state index is 6.08. The summed E-state index contributed by atoms with van der Waals surface area (Å²) in [6.07, 6.45) is 3.31. The Balaban J connectivity index is 1.75. The van der Waals surface area contributed by atoms with Gasteiger partial charge in [0.05, 0.1) is 30.2 Å². The van der Waals surface area contributed by atoms with Crippen molar-refractivity contribution in [1.29, 1.82) is 0 Å². The van der Waals surface area contributed by atoms with E-state index >= 15 is 0 Å². The summed E-state index contributed by atoms with van der Waals surface area (Å²) in [4.78, 5) is 13.5. The second-order valence-corrected chi connectivity index (χ2v) is 7.02. The van der Waals surface area contributed by atoms with Gasteiger partial charge in [0.15, 0.2) is 5.65 Å². The number of para-hydroxylation sites is 1. The lowest BCUT2D eigenvalue weighted by atomic mass is 10.3. The number of nitrogens with zero attached hydrogens (tertiary/aromatic N) is 5. The maximum atomic E-state index is 6.08. The van der Waals surface area contributed by atoms with Crippen LogP contribution in [-0.4, -0.2) is 26.9 Å². The number of ether oxygens (including phenoxy) is 1. The van der Waals surface area contributed by atoms with Crippen LogP contribution in [0, 0.1) is 0 Å². The van der Waals surface area contributed by atoms with Gasteiger partial charge in [0.25, 0.3) is 0 Å². The third-order valence-electron chi connectivity index (χ3n) is 4.65. The van der Waals surface area contributed by atoms with Gasteiger partial charge in [0, 0.05) is 6.20 Å². The Kier molecular flexibility index (Phi) is 4.93. The number of aromatic nitrogens is 4. The first-order valence-corrected chi connectivity index (χ1v) is 9.84. The van der Waals surface area contributed by atoms with Crippen molar-refractivity contribution in [2.45, 2.75) is 0 Å². The van der Waals surface area contributed by atoms with Crippen LogP contribution in [0.2, 0.25) is 5.15 Å². The van der Waals surface area contributed by atoms with Crippen molar-refractivity contribution in [3.63, 3.8) is 0 Å². The van der Waals surface area contributed by atoms with E-state index in [2.05, 4.69) is 10.1 Å². The van der Waals surface area contributed by atoms with Gasteiger partial charge in [0.2, 0.25) is 11.4 Å². The summed E-state index contributed by atoms with van der Waals surface area (Å²) in [6.45, 7) is 0. The van der Waals surface area contributed by atoms with Gasteiger partial charge in [-0.1, -0.05) is 29.8 Å². The molecule has 0 saturated carbocycles. The van der Waals surface area contributed by atoms with Crippen molar-refractivity contribution >= 4 is 28.3 Å². The Morgan fingerprint density at radius 2 is 1.77 bits per heavy atom. The molecular weight excluding hydrogens is 414 g/mol. The molecule has 0 fully saturated rings. The molecule has 3 heterocycles. The standard InChI is InChI=1S/C23H16ClN5O2/c1-30-18-10-8-16(9-11-18)27-23-19-14-26-29(17-5-3-2-4-6-17)21(19)28-22(31-23)15-7-12-20(24)25-13-15/h2-14H,1H3. The van der Waals surface area contributed by atoms with Gasteiger partial charge in [-0.15, -0.1) is 0 Å². The average molecular weight is 430 g/mol. The molecule has 0 N–H and O–H groups in total. The van der Waals surface area contributed by atoms with Gasteiger partial charge >= 0.3 is 0 Å². The first kappa shape index (κ1) is 19.0. The Labute approximate surface area is 182 Å². The van der Waals surface area contributed by atoms with E-state index in [1.165, 1.54) is 0 Å². The predicted molar refractivity (Wildman–Crippen MR) is 118 cm³/mol. The molecule has 152 valence electrons. The Morgan fingerprint density at radius 1 is 0.968 bits per heavy atom. The van der Waals surface area contributed by atoms with E-state index in [1.54, 1.807) is 36.3 Å². The number of fused-ring (bicyclic) bond motifs is 1. The summed E-state index contributed by atoms with van der Waals surface area (Å²) < 4.78 is 13.1. The maximum Gasteiger partial charge on any atom is 0.234 e. The number of hydrogen-bond donors (Lipinski definition) is 0. The quantitative estimate of drug-likeness (QED) is 0.377. The van der Waals surface area contributed by atoms with Gasteiger partial charge in [-0.2, -0.15) is 10.1 Å². The van der Waals surface area contributed by atoms with Crippen molar-refractivity contribution in [2.24, 2.45) is 4.99 Å². The van der Waals surface area contributed by atoms with Gasteiger partial charge in [-0.25, -0.2) is 14.7 Å². The molecule has 0 radical (unpaired) electrons. The van der Waals surface area contributed by atoms with E-state index in [4.69, 9.17) is 30.7 Å². The fourth-order valence-corrected chi connectivity index (χ4v) is 3.22. The number of pyridine rings is 1. The molecule has 2 aromatic carbocycles. The summed E-state index contributed by atoms with van der Waals surface area (Å²) in [5, 5.41) is 5.60. The summed E-state index contributed by atoms with van der Waals surface area (Å²) in [6, 6.07) is 20.6. The largest absolute Gasteiger partial charge is 0.497 e. The van der Waals surface area contributed by atoms with E-state index in [-0.39, 0.29) is 0 Å². The smallest absolute Gasteiger partial charge is 0.234 e. The number of methoxy groups -OCH3 is 1. The molecule has 31 heavy (non-hydrogen) atoms. The van der Waals surface area contributed by atoms with E-state index in [9.17, 15) is 0 Å². The highest BCUT2D eigenvalue weighted by Crippen LogP contribution is 2.22. The molecule has 0 aliphatic heterocycles. The van der Waals surface area contributed by atoms with Crippen molar-refractivity contribution in [2.75, 3.05) is 7.11 Å². The molecule has 5 aromatic rings. The topological polar surface area (TPSA) is 78.3 Å². The SMILES string of the molecule is COc1ccc(N=c2oc(-c3ccc(Cl)nc3)nc3c2cnn3-c2ccccc2)cc1. The average Bonchev–Trinajstić information content (AvgIpc) is 3.25. The highest BCUT2D eigenvalue weighted by Gasteiger charge is 2.14. The van der Waals surface area contributed by atoms with Crippen molar-refractivity contribution in [3.05, 3.63) is 89.8 Å². The lowest BCUT2D eigenvalue weighted by molar-refractivity contribution is 0.415. The minimum Gasteiger partial charge on any atom is -0.497 e. The number of halogens is 1. The fourth-order valence-electron chi connectivity index (χ4n) is 3.11. The molecule has 0 aliphatic carbocycles. The van der Waals surface area contributed by atoms with Crippen molar-refractivity contribution in [1.82, 2.24) is 19.7 Å². The Hall–Kier alpha value is -3.97. The zero-order valence-corrected chi connectivity index (χ0v) is 17.2. The number of hydrogen-bond acceptors (Lipinski definition) is 6. The summed E-state index contributed by atoms with van der Waals surface area (Å²) >= 11 is 5.94. The highest BCUT2D eigenvalue weighted by molar-refractivity contribution is 6.29. The molecular formula is C23H16ClN5O2. The van der Waals surface area contributed by atoms with E-state index in [1.807, 2.05) is 54.6 Å². The zero-order valence-electron chi connectivity index (χ0n) is 16.4. The lowest BCUT2D eigenvalue weighted by Crippen LogP contribution is -2.06. The normalized spacial score (nSPS) is 11.7. The monoisotopic (exact) mass is 429 g/mol. The molecule has 0 aliphatic rings. The predicted octanol–water partition coefficient (Wildman–Crippen LogP) is 4.97. The molecule has 0 atom stereocenters. The van der Waals surface area contributed by atoms with Gasteiger partial charge < -0.3 is 9.15 Å². The first-order valence-electron chi connectivity index (χ1n) is 9.46. The second-order valence-electron chi connectivity index (χ2n) is 6.63. The van der Waals surface area contributed by atoms with Crippen LogP contribution in [0.3, 0.4) is 0 Å². The molecule has 0 unspecified atom stereocenters. The molecule has 3 aromatic heterocycles. The summed E-state index contributed by atoms with van der Waals surface area (Å²) in [5.41, 5.74) is 3.28. The highest BCUT2D eigenvalue weighted by atomic mass is 35.5. The minimum atomic E-state index is 0.363. The van der Waals surface area contributed by atoms with E-state index in [0.717, 1.165) is 11.4 Å². The van der Waals surface area contributed by atoms with Crippen LogP contribution in [0.25, 0.3) is 28.2 Å². The van der Waals surface area contributed by atoms with Gasteiger partial charge in [-0.05, 0) is 48.5 Å². The van der Waals surface area contributed by atoms with E-state index in [0.29, 0.717) is 38.9 Å². The summed E-state index contributed by atoms with van der Waals surface area (Å²) in [7, 11) is 1.62. The fraction of sp³-hybridized carbons (Fsp3) is 0.0435. The van der Waals surface area contributed by atoms with Gasteiger partial charge in [-0.3, -0.25) is 0 Å². The molecule has 7 nitrogen and oxygen atoms in total. The van der Waals surface area contributed by atoms with Crippen LogP contribution in [0.15, 0.2) is 88.5 Å². The molecule has 8 heteroatoms. The molecule has 0 amide bonds. The van der Waals surface area contributed by atoms with Crippen LogP contribution in [-0.2, 0) is 0 Å². The second kappa shape index (κ2) is 8.04. The third kappa shape index (κ3) is 3.78. The van der Waals surface area contributed by atoms with Gasteiger partial charge in [0.1, 0.15) is 16.3 Å². The zero-order chi connectivity index (χ0) is 21.2. The summed E-state index contributed by atoms with van der Waals surface area (Å²) in [5.74, 6) is 1.11. The molecule has 0 bridgehead atoms. The van der Waals surface area contributed by atoms with Crippen molar-refractivity contribution < 1.29 is 9.15 Å². The Morgan fingerprint density at radius 3 is 2.48 bits per heavy atom. The van der Waals surface area contributed by atoms with Crippen molar-refractivity contribution in [3.8, 4) is 22.9 Å². The first-order chi connectivity index (χ1) is 15.2.